The fraction of sp³-hybridized carbons (Fsp3) is 0.500. The van der Waals surface area contributed by atoms with E-state index in [-0.39, 0.29) is 0 Å². The van der Waals surface area contributed by atoms with Crippen LogP contribution in [0.25, 0.3) is 0 Å². The Labute approximate surface area is 118 Å². The number of aromatic nitrogens is 4. The molecule has 0 radical (unpaired) electrons. The molecule has 6 nitrogen and oxygen atoms in total. The summed E-state index contributed by atoms with van der Waals surface area (Å²) in [5.74, 6) is 1.90. The van der Waals surface area contributed by atoms with E-state index >= 15 is 0 Å². The largest absolute Gasteiger partial charge is 0.368 e. The van der Waals surface area contributed by atoms with Gasteiger partial charge in [0, 0.05) is 31.9 Å². The van der Waals surface area contributed by atoms with Crippen molar-refractivity contribution in [2.45, 2.75) is 26.3 Å². The maximum atomic E-state index is 4.35. The number of nitrogens with zero attached hydrogens (tertiary/aromatic N) is 5. The molecule has 0 saturated carbocycles. The fourth-order valence-corrected chi connectivity index (χ4v) is 2.45. The quantitative estimate of drug-likeness (QED) is 0.897. The topological polar surface area (TPSA) is 58.9 Å². The fourth-order valence-electron chi connectivity index (χ4n) is 2.45. The van der Waals surface area contributed by atoms with Crippen LogP contribution < -0.4 is 10.2 Å². The SMILES string of the molecule is Cc1cnn(CCNc2cc(N3CCCC3)ncn2)c1. The third-order valence-corrected chi connectivity index (χ3v) is 3.49. The third-order valence-electron chi connectivity index (χ3n) is 3.49. The number of nitrogens with one attached hydrogen (secondary N) is 1. The summed E-state index contributed by atoms with van der Waals surface area (Å²) in [5.41, 5.74) is 1.18. The van der Waals surface area contributed by atoms with Gasteiger partial charge < -0.3 is 10.2 Å². The van der Waals surface area contributed by atoms with Crippen molar-refractivity contribution in [3.8, 4) is 0 Å². The summed E-state index contributed by atoms with van der Waals surface area (Å²) in [5, 5.41) is 7.59. The monoisotopic (exact) mass is 272 g/mol. The maximum Gasteiger partial charge on any atom is 0.134 e. The molecule has 1 N–H and O–H groups in total. The number of hydrogen-bond acceptors (Lipinski definition) is 5. The molecular formula is C14H20N6. The van der Waals surface area contributed by atoms with E-state index in [9.17, 15) is 0 Å². The molecule has 0 unspecified atom stereocenters. The molecule has 0 atom stereocenters. The molecule has 0 aromatic carbocycles. The van der Waals surface area contributed by atoms with Crippen molar-refractivity contribution in [1.29, 1.82) is 0 Å². The highest BCUT2D eigenvalue weighted by Gasteiger charge is 2.13. The highest BCUT2D eigenvalue weighted by molar-refractivity contribution is 5.48. The summed E-state index contributed by atoms with van der Waals surface area (Å²) in [4.78, 5) is 10.9. The van der Waals surface area contributed by atoms with Crippen molar-refractivity contribution in [3.05, 3.63) is 30.4 Å². The average molecular weight is 272 g/mol. The molecule has 0 aliphatic carbocycles. The van der Waals surface area contributed by atoms with Gasteiger partial charge in [-0.25, -0.2) is 9.97 Å². The van der Waals surface area contributed by atoms with Crippen LogP contribution in [0.3, 0.4) is 0 Å². The first-order valence-corrected chi connectivity index (χ1v) is 7.11. The first-order valence-electron chi connectivity index (χ1n) is 7.11. The van der Waals surface area contributed by atoms with Crippen LogP contribution in [0.2, 0.25) is 0 Å². The second-order valence-electron chi connectivity index (χ2n) is 5.16. The lowest BCUT2D eigenvalue weighted by Crippen LogP contribution is -2.19. The summed E-state index contributed by atoms with van der Waals surface area (Å²) < 4.78 is 1.94. The van der Waals surface area contributed by atoms with Crippen molar-refractivity contribution >= 4 is 11.6 Å². The van der Waals surface area contributed by atoms with Gasteiger partial charge in [-0.1, -0.05) is 0 Å². The number of hydrogen-bond donors (Lipinski definition) is 1. The Balaban J connectivity index is 1.55. The summed E-state index contributed by atoms with van der Waals surface area (Å²) in [6, 6.07) is 2.03. The van der Waals surface area contributed by atoms with E-state index in [0.29, 0.717) is 0 Å². The van der Waals surface area contributed by atoms with E-state index in [0.717, 1.165) is 37.8 Å². The average Bonchev–Trinajstić information content (AvgIpc) is 3.11. The molecule has 6 heteroatoms. The molecule has 3 rings (SSSR count). The Morgan fingerprint density at radius 2 is 2.10 bits per heavy atom. The first-order chi connectivity index (χ1) is 9.81. The summed E-state index contributed by atoms with van der Waals surface area (Å²) >= 11 is 0. The van der Waals surface area contributed by atoms with Gasteiger partial charge in [0.2, 0.25) is 0 Å². The molecule has 1 fully saturated rings. The Hall–Kier alpha value is -2.11. The maximum absolute atomic E-state index is 4.35. The van der Waals surface area contributed by atoms with E-state index < -0.39 is 0 Å². The summed E-state index contributed by atoms with van der Waals surface area (Å²) in [6.45, 7) is 5.88. The third kappa shape index (κ3) is 3.07. The van der Waals surface area contributed by atoms with Gasteiger partial charge in [-0.3, -0.25) is 4.68 Å². The van der Waals surface area contributed by atoms with E-state index in [4.69, 9.17) is 0 Å². The second-order valence-corrected chi connectivity index (χ2v) is 5.16. The van der Waals surface area contributed by atoms with Gasteiger partial charge in [0.1, 0.15) is 18.0 Å². The molecule has 106 valence electrons. The van der Waals surface area contributed by atoms with Gasteiger partial charge in [0.05, 0.1) is 12.7 Å². The van der Waals surface area contributed by atoms with Gasteiger partial charge in [-0.15, -0.1) is 0 Å². The highest BCUT2D eigenvalue weighted by Crippen LogP contribution is 2.19. The lowest BCUT2D eigenvalue weighted by molar-refractivity contribution is 0.636. The minimum atomic E-state index is 0.803. The Bertz CT molecular complexity index is 558. The standard InChI is InChI=1S/C14H20N6/c1-12-9-18-20(10-12)7-4-15-13-8-14(17-11-16-13)19-5-2-3-6-19/h8-11H,2-7H2,1H3,(H,15,16,17). The lowest BCUT2D eigenvalue weighted by Gasteiger charge is -2.16. The van der Waals surface area contributed by atoms with E-state index in [1.807, 2.05) is 30.1 Å². The molecular weight excluding hydrogens is 252 g/mol. The number of anilines is 2. The number of rotatable bonds is 5. The molecule has 1 saturated heterocycles. The molecule has 1 aliphatic heterocycles. The van der Waals surface area contributed by atoms with Crippen molar-refractivity contribution in [2.75, 3.05) is 29.9 Å². The van der Waals surface area contributed by atoms with Crippen molar-refractivity contribution in [3.63, 3.8) is 0 Å². The molecule has 3 heterocycles. The highest BCUT2D eigenvalue weighted by atomic mass is 15.3. The lowest BCUT2D eigenvalue weighted by atomic mass is 10.4. The zero-order chi connectivity index (χ0) is 13.8. The first kappa shape index (κ1) is 12.9. The van der Waals surface area contributed by atoms with E-state index in [1.54, 1.807) is 6.33 Å². The van der Waals surface area contributed by atoms with Crippen LogP contribution in [0.5, 0.6) is 0 Å². The Morgan fingerprint density at radius 1 is 1.25 bits per heavy atom. The Kier molecular flexibility index (Phi) is 3.80. The predicted octanol–water partition coefficient (Wildman–Crippen LogP) is 1.69. The van der Waals surface area contributed by atoms with Gasteiger partial charge >= 0.3 is 0 Å². The van der Waals surface area contributed by atoms with Crippen LogP contribution in [-0.4, -0.2) is 39.4 Å². The van der Waals surface area contributed by atoms with Crippen molar-refractivity contribution in [1.82, 2.24) is 19.7 Å². The van der Waals surface area contributed by atoms with Crippen LogP contribution in [0.15, 0.2) is 24.8 Å². The molecule has 0 spiro atoms. The molecule has 2 aromatic rings. The van der Waals surface area contributed by atoms with Crippen LogP contribution in [0.4, 0.5) is 11.6 Å². The molecule has 0 amide bonds. The minimum Gasteiger partial charge on any atom is -0.368 e. The van der Waals surface area contributed by atoms with Crippen molar-refractivity contribution in [2.24, 2.45) is 0 Å². The zero-order valence-electron chi connectivity index (χ0n) is 11.8. The Morgan fingerprint density at radius 3 is 2.85 bits per heavy atom. The molecule has 2 aromatic heterocycles. The minimum absolute atomic E-state index is 0.803. The predicted molar refractivity (Wildman–Crippen MR) is 78.9 cm³/mol. The van der Waals surface area contributed by atoms with E-state index in [2.05, 4.69) is 25.3 Å². The van der Waals surface area contributed by atoms with Crippen LogP contribution in [-0.2, 0) is 6.54 Å². The van der Waals surface area contributed by atoms with Gasteiger partial charge in [-0.2, -0.15) is 5.10 Å². The van der Waals surface area contributed by atoms with Gasteiger partial charge in [0.15, 0.2) is 0 Å². The zero-order valence-corrected chi connectivity index (χ0v) is 11.8. The molecule has 20 heavy (non-hydrogen) atoms. The summed E-state index contributed by atoms with van der Waals surface area (Å²) in [6.07, 6.45) is 8.05. The summed E-state index contributed by atoms with van der Waals surface area (Å²) in [7, 11) is 0. The second kappa shape index (κ2) is 5.90. The van der Waals surface area contributed by atoms with Crippen LogP contribution in [0, 0.1) is 6.92 Å². The van der Waals surface area contributed by atoms with Gasteiger partial charge in [0.25, 0.3) is 0 Å². The molecule has 0 bridgehead atoms. The van der Waals surface area contributed by atoms with E-state index in [1.165, 1.54) is 18.4 Å². The smallest absolute Gasteiger partial charge is 0.134 e. The van der Waals surface area contributed by atoms with Gasteiger partial charge in [-0.05, 0) is 25.3 Å². The molecule has 1 aliphatic rings. The van der Waals surface area contributed by atoms with Crippen molar-refractivity contribution < 1.29 is 0 Å². The van der Waals surface area contributed by atoms with Crippen LogP contribution in [0.1, 0.15) is 18.4 Å². The van der Waals surface area contributed by atoms with Crippen LogP contribution >= 0.6 is 0 Å². The normalized spacial score (nSPS) is 14.8. The number of aryl methyl sites for hydroxylation is 1.